The minimum atomic E-state index is -0.142. The Labute approximate surface area is 110 Å². The molecule has 4 heteroatoms. The first-order valence-corrected chi connectivity index (χ1v) is 7.28. The van der Waals surface area contributed by atoms with Crippen molar-refractivity contribution in [2.75, 3.05) is 39.8 Å². The average molecular weight is 253 g/mol. The summed E-state index contributed by atoms with van der Waals surface area (Å²) in [5.41, 5.74) is -0.142. The Morgan fingerprint density at radius 1 is 1.33 bits per heavy atom. The number of carbonyl (C=O) groups is 1. The molecule has 2 heterocycles. The predicted octanol–water partition coefficient (Wildman–Crippen LogP) is 0.834. The molecule has 2 aliphatic heterocycles. The lowest BCUT2D eigenvalue weighted by Gasteiger charge is -2.34. The maximum atomic E-state index is 12.3. The number of piperidine rings is 2. The summed E-state index contributed by atoms with van der Waals surface area (Å²) in [6.45, 7) is 7.26. The SMILES string of the molecule is CN1CCC(CNC(=O)C2(C)CCNCC2)CC1. The standard InChI is InChI=1S/C14H27N3O/c1-14(5-7-15-8-6-14)13(18)16-11-12-3-9-17(2)10-4-12/h12,15H,3-11H2,1-2H3,(H,16,18). The van der Waals surface area contributed by atoms with E-state index in [1.165, 1.54) is 25.9 Å². The zero-order valence-corrected chi connectivity index (χ0v) is 11.8. The van der Waals surface area contributed by atoms with E-state index >= 15 is 0 Å². The van der Waals surface area contributed by atoms with Crippen molar-refractivity contribution in [3.63, 3.8) is 0 Å². The lowest BCUT2D eigenvalue weighted by Crippen LogP contribution is -2.47. The van der Waals surface area contributed by atoms with Gasteiger partial charge in [-0.05, 0) is 64.8 Å². The van der Waals surface area contributed by atoms with Crippen LogP contribution in [0.3, 0.4) is 0 Å². The Kier molecular flexibility index (Phi) is 4.62. The number of rotatable bonds is 3. The average Bonchev–Trinajstić information content (AvgIpc) is 2.38. The molecule has 4 nitrogen and oxygen atoms in total. The van der Waals surface area contributed by atoms with Crippen molar-refractivity contribution in [3.8, 4) is 0 Å². The maximum Gasteiger partial charge on any atom is 0.226 e. The molecule has 2 rings (SSSR count). The van der Waals surface area contributed by atoms with Crippen LogP contribution in [0.2, 0.25) is 0 Å². The highest BCUT2D eigenvalue weighted by Gasteiger charge is 2.34. The molecule has 0 radical (unpaired) electrons. The summed E-state index contributed by atoms with van der Waals surface area (Å²) >= 11 is 0. The molecule has 0 saturated carbocycles. The molecular weight excluding hydrogens is 226 g/mol. The summed E-state index contributed by atoms with van der Waals surface area (Å²) in [7, 11) is 2.17. The van der Waals surface area contributed by atoms with Crippen molar-refractivity contribution >= 4 is 5.91 Å². The highest BCUT2D eigenvalue weighted by atomic mass is 16.2. The second-order valence-corrected chi connectivity index (χ2v) is 6.27. The van der Waals surface area contributed by atoms with E-state index in [-0.39, 0.29) is 11.3 Å². The Hall–Kier alpha value is -0.610. The van der Waals surface area contributed by atoms with E-state index in [0.717, 1.165) is 32.5 Å². The van der Waals surface area contributed by atoms with Crippen LogP contribution in [-0.2, 0) is 4.79 Å². The molecule has 0 unspecified atom stereocenters. The summed E-state index contributed by atoms with van der Waals surface area (Å²) in [5.74, 6) is 0.943. The van der Waals surface area contributed by atoms with Crippen LogP contribution in [0.4, 0.5) is 0 Å². The van der Waals surface area contributed by atoms with E-state index in [0.29, 0.717) is 5.92 Å². The molecule has 2 N–H and O–H groups in total. The summed E-state index contributed by atoms with van der Waals surface area (Å²) < 4.78 is 0. The van der Waals surface area contributed by atoms with E-state index < -0.39 is 0 Å². The zero-order valence-electron chi connectivity index (χ0n) is 11.8. The number of hydrogen-bond donors (Lipinski definition) is 2. The summed E-state index contributed by atoms with van der Waals surface area (Å²) in [6.07, 6.45) is 4.36. The zero-order chi connectivity index (χ0) is 13.0. The predicted molar refractivity (Wildman–Crippen MR) is 73.4 cm³/mol. The van der Waals surface area contributed by atoms with Crippen LogP contribution in [0, 0.1) is 11.3 Å². The Balaban J connectivity index is 1.74. The Bertz CT molecular complexity index is 279. The van der Waals surface area contributed by atoms with Gasteiger partial charge in [0, 0.05) is 12.0 Å². The molecule has 2 saturated heterocycles. The van der Waals surface area contributed by atoms with Gasteiger partial charge in [-0.15, -0.1) is 0 Å². The van der Waals surface area contributed by atoms with Gasteiger partial charge >= 0.3 is 0 Å². The topological polar surface area (TPSA) is 44.4 Å². The molecule has 2 aliphatic rings. The van der Waals surface area contributed by atoms with Gasteiger partial charge in [0.25, 0.3) is 0 Å². The number of carbonyl (C=O) groups excluding carboxylic acids is 1. The molecule has 18 heavy (non-hydrogen) atoms. The molecule has 1 amide bonds. The van der Waals surface area contributed by atoms with Crippen LogP contribution in [0.25, 0.3) is 0 Å². The molecular formula is C14H27N3O. The van der Waals surface area contributed by atoms with Crippen LogP contribution in [0.5, 0.6) is 0 Å². The Morgan fingerprint density at radius 2 is 1.94 bits per heavy atom. The first-order chi connectivity index (χ1) is 8.60. The van der Waals surface area contributed by atoms with E-state index in [1.54, 1.807) is 0 Å². The lowest BCUT2D eigenvalue weighted by molar-refractivity contribution is -0.131. The molecule has 2 fully saturated rings. The second-order valence-electron chi connectivity index (χ2n) is 6.27. The van der Waals surface area contributed by atoms with Gasteiger partial charge in [-0.2, -0.15) is 0 Å². The lowest BCUT2D eigenvalue weighted by atomic mass is 9.80. The van der Waals surface area contributed by atoms with Crippen LogP contribution in [-0.4, -0.2) is 50.6 Å². The first-order valence-electron chi connectivity index (χ1n) is 7.28. The van der Waals surface area contributed by atoms with Gasteiger partial charge in [0.1, 0.15) is 0 Å². The fourth-order valence-electron chi connectivity index (χ4n) is 2.92. The van der Waals surface area contributed by atoms with Crippen LogP contribution in [0.15, 0.2) is 0 Å². The number of likely N-dealkylation sites (tertiary alicyclic amines) is 1. The minimum Gasteiger partial charge on any atom is -0.355 e. The van der Waals surface area contributed by atoms with Crippen molar-refractivity contribution in [2.45, 2.75) is 32.6 Å². The largest absolute Gasteiger partial charge is 0.355 e. The maximum absolute atomic E-state index is 12.3. The van der Waals surface area contributed by atoms with Crippen molar-refractivity contribution in [1.82, 2.24) is 15.5 Å². The molecule has 0 aromatic carbocycles. The van der Waals surface area contributed by atoms with E-state index in [1.807, 2.05) is 0 Å². The molecule has 0 atom stereocenters. The quantitative estimate of drug-likeness (QED) is 0.783. The van der Waals surface area contributed by atoms with E-state index in [9.17, 15) is 4.79 Å². The van der Waals surface area contributed by atoms with Crippen molar-refractivity contribution in [1.29, 1.82) is 0 Å². The van der Waals surface area contributed by atoms with E-state index in [2.05, 4.69) is 29.5 Å². The highest BCUT2D eigenvalue weighted by molar-refractivity contribution is 5.82. The highest BCUT2D eigenvalue weighted by Crippen LogP contribution is 2.28. The van der Waals surface area contributed by atoms with Gasteiger partial charge in [0.2, 0.25) is 5.91 Å². The fourth-order valence-corrected chi connectivity index (χ4v) is 2.92. The summed E-state index contributed by atoms with van der Waals surface area (Å²) in [5, 5.41) is 6.51. The molecule has 0 spiro atoms. The van der Waals surface area contributed by atoms with Gasteiger partial charge < -0.3 is 15.5 Å². The van der Waals surface area contributed by atoms with Gasteiger partial charge in [0.05, 0.1) is 0 Å². The van der Waals surface area contributed by atoms with Crippen molar-refractivity contribution in [2.24, 2.45) is 11.3 Å². The summed E-state index contributed by atoms with van der Waals surface area (Å²) in [4.78, 5) is 14.6. The van der Waals surface area contributed by atoms with Gasteiger partial charge in [-0.1, -0.05) is 6.92 Å². The number of nitrogens with one attached hydrogen (secondary N) is 2. The van der Waals surface area contributed by atoms with Crippen molar-refractivity contribution in [3.05, 3.63) is 0 Å². The Morgan fingerprint density at radius 3 is 2.56 bits per heavy atom. The monoisotopic (exact) mass is 253 g/mol. The third-order valence-corrected chi connectivity index (χ3v) is 4.64. The molecule has 0 aromatic rings. The van der Waals surface area contributed by atoms with Gasteiger partial charge in [-0.3, -0.25) is 4.79 Å². The van der Waals surface area contributed by atoms with Crippen LogP contribution < -0.4 is 10.6 Å². The number of amides is 1. The van der Waals surface area contributed by atoms with Crippen LogP contribution >= 0.6 is 0 Å². The summed E-state index contributed by atoms with van der Waals surface area (Å²) in [6, 6.07) is 0. The molecule has 0 aliphatic carbocycles. The second kappa shape index (κ2) is 6.02. The third kappa shape index (κ3) is 3.45. The van der Waals surface area contributed by atoms with E-state index in [4.69, 9.17) is 0 Å². The number of hydrogen-bond acceptors (Lipinski definition) is 3. The number of nitrogens with zero attached hydrogens (tertiary/aromatic N) is 1. The molecule has 104 valence electrons. The normalized spacial score (nSPS) is 25.9. The first kappa shape index (κ1) is 13.8. The molecule has 0 aromatic heterocycles. The minimum absolute atomic E-state index is 0.142. The third-order valence-electron chi connectivity index (χ3n) is 4.64. The molecule has 0 bridgehead atoms. The van der Waals surface area contributed by atoms with Gasteiger partial charge in [-0.25, -0.2) is 0 Å². The smallest absolute Gasteiger partial charge is 0.226 e. The van der Waals surface area contributed by atoms with Gasteiger partial charge in [0.15, 0.2) is 0 Å². The van der Waals surface area contributed by atoms with Crippen LogP contribution in [0.1, 0.15) is 32.6 Å². The fraction of sp³-hybridized carbons (Fsp3) is 0.929. The van der Waals surface area contributed by atoms with Crippen molar-refractivity contribution < 1.29 is 4.79 Å².